The van der Waals surface area contributed by atoms with Crippen LogP contribution >= 0.6 is 0 Å². The van der Waals surface area contributed by atoms with Crippen molar-refractivity contribution in [2.24, 2.45) is 5.92 Å². The maximum atomic E-state index is 12.3. The predicted octanol–water partition coefficient (Wildman–Crippen LogP) is 0.599. The summed E-state index contributed by atoms with van der Waals surface area (Å²) in [4.78, 5) is 23.0. The summed E-state index contributed by atoms with van der Waals surface area (Å²) in [5.74, 6) is -0.472. The summed E-state index contributed by atoms with van der Waals surface area (Å²) in [6.07, 6.45) is 2.10. The molecule has 18 heavy (non-hydrogen) atoms. The van der Waals surface area contributed by atoms with Crippen LogP contribution < -0.4 is 5.32 Å². The molecule has 0 aromatic carbocycles. The monoisotopic (exact) mass is 254 g/mol. The van der Waals surface area contributed by atoms with Crippen LogP contribution in [0.2, 0.25) is 0 Å². The number of amides is 2. The normalized spacial score (nSPS) is 18.1. The lowest BCUT2D eigenvalue weighted by Crippen LogP contribution is -2.53. The standard InChI is InChI=1S/C11H18N4O3/c1-3-8(2)9(13-11(17)18)10(16)15-6-4-5-14(15)7-12/h8-9,13H,3-6H2,1-2H3,(H,17,18). The van der Waals surface area contributed by atoms with E-state index in [0.29, 0.717) is 19.5 Å². The Balaban J connectivity index is 2.81. The molecule has 1 heterocycles. The second-order valence-electron chi connectivity index (χ2n) is 4.35. The molecule has 2 atom stereocenters. The van der Waals surface area contributed by atoms with E-state index in [1.54, 1.807) is 0 Å². The van der Waals surface area contributed by atoms with Crippen molar-refractivity contribution in [3.05, 3.63) is 0 Å². The maximum Gasteiger partial charge on any atom is 0.405 e. The molecule has 1 saturated heterocycles. The maximum absolute atomic E-state index is 12.3. The molecule has 1 aliphatic heterocycles. The molecule has 2 amide bonds. The molecular formula is C11H18N4O3. The van der Waals surface area contributed by atoms with E-state index in [-0.39, 0.29) is 11.8 Å². The number of nitrogens with zero attached hydrogens (tertiary/aromatic N) is 3. The van der Waals surface area contributed by atoms with Crippen LogP contribution in [0.1, 0.15) is 26.7 Å². The molecule has 1 fully saturated rings. The van der Waals surface area contributed by atoms with E-state index in [2.05, 4.69) is 5.32 Å². The minimum Gasteiger partial charge on any atom is -0.465 e. The second-order valence-corrected chi connectivity index (χ2v) is 4.35. The molecule has 7 heteroatoms. The van der Waals surface area contributed by atoms with Crippen LogP contribution in [0.5, 0.6) is 0 Å². The first-order chi connectivity index (χ1) is 8.51. The Morgan fingerprint density at radius 2 is 2.17 bits per heavy atom. The Labute approximate surface area is 106 Å². The molecule has 2 N–H and O–H groups in total. The quantitative estimate of drug-likeness (QED) is 0.716. The average molecular weight is 254 g/mol. The van der Waals surface area contributed by atoms with Gasteiger partial charge in [-0.15, -0.1) is 0 Å². The molecule has 1 rings (SSSR count). The number of nitrogens with one attached hydrogen (secondary N) is 1. The number of carbonyl (C=O) groups is 2. The summed E-state index contributed by atoms with van der Waals surface area (Å²) in [6.45, 7) is 4.66. The van der Waals surface area contributed by atoms with Crippen molar-refractivity contribution in [2.75, 3.05) is 13.1 Å². The second kappa shape index (κ2) is 6.10. The van der Waals surface area contributed by atoms with Gasteiger partial charge in [0.25, 0.3) is 5.91 Å². The van der Waals surface area contributed by atoms with Crippen LogP contribution in [0.25, 0.3) is 0 Å². The van der Waals surface area contributed by atoms with Crippen molar-refractivity contribution >= 4 is 12.0 Å². The molecule has 0 spiro atoms. The van der Waals surface area contributed by atoms with Crippen molar-refractivity contribution in [3.8, 4) is 6.19 Å². The Morgan fingerprint density at radius 3 is 2.67 bits per heavy atom. The summed E-state index contributed by atoms with van der Waals surface area (Å²) >= 11 is 0. The van der Waals surface area contributed by atoms with E-state index < -0.39 is 12.1 Å². The van der Waals surface area contributed by atoms with Crippen LogP contribution in [0.3, 0.4) is 0 Å². The lowest BCUT2D eigenvalue weighted by atomic mass is 9.98. The topological polar surface area (TPSA) is 96.7 Å². The van der Waals surface area contributed by atoms with Gasteiger partial charge in [-0.2, -0.15) is 5.26 Å². The highest BCUT2D eigenvalue weighted by molar-refractivity contribution is 5.85. The zero-order valence-corrected chi connectivity index (χ0v) is 10.6. The van der Waals surface area contributed by atoms with Crippen molar-refractivity contribution < 1.29 is 14.7 Å². The molecule has 1 aliphatic rings. The molecule has 0 aromatic rings. The van der Waals surface area contributed by atoms with Crippen LogP contribution in [0.4, 0.5) is 4.79 Å². The van der Waals surface area contributed by atoms with E-state index in [4.69, 9.17) is 10.4 Å². The van der Waals surface area contributed by atoms with Gasteiger partial charge in [0.05, 0.1) is 6.54 Å². The Morgan fingerprint density at radius 1 is 1.50 bits per heavy atom. The van der Waals surface area contributed by atoms with Crippen LogP contribution in [-0.2, 0) is 4.79 Å². The van der Waals surface area contributed by atoms with Gasteiger partial charge < -0.3 is 10.4 Å². The zero-order valence-electron chi connectivity index (χ0n) is 10.6. The van der Waals surface area contributed by atoms with Gasteiger partial charge in [0, 0.05) is 6.54 Å². The molecular weight excluding hydrogens is 236 g/mol. The van der Waals surface area contributed by atoms with E-state index in [1.165, 1.54) is 10.0 Å². The zero-order chi connectivity index (χ0) is 13.7. The number of carboxylic acid groups (broad SMARTS) is 1. The smallest absolute Gasteiger partial charge is 0.405 e. The third-order valence-corrected chi connectivity index (χ3v) is 3.16. The van der Waals surface area contributed by atoms with Crippen molar-refractivity contribution in [2.45, 2.75) is 32.7 Å². The lowest BCUT2D eigenvalue weighted by molar-refractivity contribution is -0.143. The number of rotatable bonds is 4. The molecule has 0 saturated carbocycles. The minimum atomic E-state index is -1.23. The first kappa shape index (κ1) is 14.1. The van der Waals surface area contributed by atoms with E-state index in [0.717, 1.165) is 6.42 Å². The van der Waals surface area contributed by atoms with Gasteiger partial charge in [0.15, 0.2) is 6.19 Å². The molecule has 0 aliphatic carbocycles. The Hall–Kier alpha value is -1.97. The molecule has 0 bridgehead atoms. The van der Waals surface area contributed by atoms with E-state index in [1.807, 2.05) is 20.0 Å². The molecule has 2 unspecified atom stereocenters. The van der Waals surface area contributed by atoms with Crippen LogP contribution in [0, 0.1) is 17.4 Å². The predicted molar refractivity (Wildman–Crippen MR) is 63.1 cm³/mol. The van der Waals surface area contributed by atoms with Gasteiger partial charge in [-0.1, -0.05) is 20.3 Å². The number of nitriles is 1. The summed E-state index contributed by atoms with van der Waals surface area (Å²) in [5, 5.41) is 22.5. The van der Waals surface area contributed by atoms with Gasteiger partial charge in [-0.25, -0.2) is 14.8 Å². The van der Waals surface area contributed by atoms with Crippen molar-refractivity contribution in [1.29, 1.82) is 5.26 Å². The third-order valence-electron chi connectivity index (χ3n) is 3.16. The molecule has 0 radical (unpaired) electrons. The molecule has 100 valence electrons. The SMILES string of the molecule is CCC(C)C(NC(=O)O)C(=O)N1CCCN1C#N. The number of hydrogen-bond donors (Lipinski definition) is 2. The number of hydrogen-bond acceptors (Lipinski definition) is 4. The van der Waals surface area contributed by atoms with Crippen LogP contribution in [-0.4, -0.2) is 46.3 Å². The Kier molecular flexibility index (Phi) is 4.77. The van der Waals surface area contributed by atoms with Gasteiger partial charge in [0.2, 0.25) is 0 Å². The van der Waals surface area contributed by atoms with E-state index >= 15 is 0 Å². The highest BCUT2D eigenvalue weighted by Crippen LogP contribution is 2.16. The van der Waals surface area contributed by atoms with Crippen LogP contribution in [0.15, 0.2) is 0 Å². The summed E-state index contributed by atoms with van der Waals surface area (Å²) in [5.41, 5.74) is 0. The highest BCUT2D eigenvalue weighted by atomic mass is 16.4. The highest BCUT2D eigenvalue weighted by Gasteiger charge is 2.34. The fourth-order valence-electron chi connectivity index (χ4n) is 1.92. The fourth-order valence-corrected chi connectivity index (χ4v) is 1.92. The third kappa shape index (κ3) is 3.03. The molecule has 7 nitrogen and oxygen atoms in total. The minimum absolute atomic E-state index is 0.116. The summed E-state index contributed by atoms with van der Waals surface area (Å²) in [6, 6.07) is -0.804. The first-order valence-corrected chi connectivity index (χ1v) is 5.99. The number of carbonyl (C=O) groups excluding carboxylic acids is 1. The fraction of sp³-hybridized carbons (Fsp3) is 0.727. The average Bonchev–Trinajstić information content (AvgIpc) is 2.82. The summed E-state index contributed by atoms with van der Waals surface area (Å²) < 4.78 is 0. The first-order valence-electron chi connectivity index (χ1n) is 5.99. The van der Waals surface area contributed by atoms with Crippen molar-refractivity contribution in [1.82, 2.24) is 15.3 Å². The molecule has 0 aromatic heterocycles. The van der Waals surface area contributed by atoms with Gasteiger partial charge >= 0.3 is 6.09 Å². The largest absolute Gasteiger partial charge is 0.465 e. The van der Waals surface area contributed by atoms with Gasteiger partial charge in [0.1, 0.15) is 6.04 Å². The lowest BCUT2D eigenvalue weighted by Gasteiger charge is -2.29. The van der Waals surface area contributed by atoms with Gasteiger partial charge in [-0.3, -0.25) is 4.79 Å². The summed E-state index contributed by atoms with van der Waals surface area (Å²) in [7, 11) is 0. The van der Waals surface area contributed by atoms with Gasteiger partial charge in [-0.05, 0) is 12.3 Å². The van der Waals surface area contributed by atoms with E-state index in [9.17, 15) is 9.59 Å². The Bertz CT molecular complexity index is 366. The number of hydrazine groups is 1. The van der Waals surface area contributed by atoms with Crippen molar-refractivity contribution in [3.63, 3.8) is 0 Å².